The van der Waals surface area contributed by atoms with Gasteiger partial charge in [-0.15, -0.1) is 0 Å². The smallest absolute Gasteiger partial charge is 0.282 e. The molecule has 4 rings (SSSR count). The quantitative estimate of drug-likeness (QED) is 0.502. The van der Waals surface area contributed by atoms with Gasteiger partial charge in [0.25, 0.3) is 5.56 Å². The van der Waals surface area contributed by atoms with Crippen molar-refractivity contribution in [2.24, 2.45) is 0 Å². The van der Waals surface area contributed by atoms with Gasteiger partial charge in [0.15, 0.2) is 0 Å². The van der Waals surface area contributed by atoms with Gasteiger partial charge in [-0.1, -0.05) is 43.1 Å². The highest BCUT2D eigenvalue weighted by atomic mass is 35.5. The maximum absolute atomic E-state index is 13.1. The zero-order valence-corrected chi connectivity index (χ0v) is 15.2. The van der Waals surface area contributed by atoms with Gasteiger partial charge < -0.3 is 5.32 Å². The first-order valence-electron chi connectivity index (χ1n) is 8.72. The number of fused-ring (bicyclic) bond motifs is 3. The summed E-state index contributed by atoms with van der Waals surface area (Å²) in [6.45, 7) is 2.91. The minimum Gasteiger partial charge on any atom is -0.369 e. The summed E-state index contributed by atoms with van der Waals surface area (Å²) in [6.07, 6.45) is 2.09. The minimum absolute atomic E-state index is 0.125. The Hall–Kier alpha value is -2.79. The van der Waals surface area contributed by atoms with Gasteiger partial charge >= 0.3 is 0 Å². The van der Waals surface area contributed by atoms with Gasteiger partial charge in [0.05, 0.1) is 16.7 Å². The summed E-state index contributed by atoms with van der Waals surface area (Å²) >= 11 is 5.97. The van der Waals surface area contributed by atoms with Gasteiger partial charge in [0, 0.05) is 17.0 Å². The number of hydrogen-bond donors (Lipinski definition) is 2. The van der Waals surface area contributed by atoms with Crippen molar-refractivity contribution in [2.45, 2.75) is 19.8 Å². The van der Waals surface area contributed by atoms with Crippen LogP contribution < -0.4 is 10.9 Å². The summed E-state index contributed by atoms with van der Waals surface area (Å²) in [5.41, 5.74) is 2.25. The van der Waals surface area contributed by atoms with Crippen LogP contribution >= 0.6 is 11.6 Å². The summed E-state index contributed by atoms with van der Waals surface area (Å²) in [5, 5.41) is 8.72. The van der Waals surface area contributed by atoms with Crippen LogP contribution in [0.1, 0.15) is 19.8 Å². The molecule has 0 bridgehead atoms. The van der Waals surface area contributed by atoms with E-state index in [1.165, 1.54) is 0 Å². The van der Waals surface area contributed by atoms with Crippen LogP contribution in [0.3, 0.4) is 0 Å². The fourth-order valence-corrected chi connectivity index (χ4v) is 3.22. The number of halogens is 1. The highest BCUT2D eigenvalue weighted by Crippen LogP contribution is 2.26. The Kier molecular flexibility index (Phi) is 4.39. The van der Waals surface area contributed by atoms with Crippen LogP contribution in [-0.2, 0) is 0 Å². The summed E-state index contributed by atoms with van der Waals surface area (Å²) in [4.78, 5) is 17.8. The van der Waals surface area contributed by atoms with Crippen LogP contribution in [-0.4, -0.2) is 21.3 Å². The van der Waals surface area contributed by atoms with E-state index in [1.807, 2.05) is 36.4 Å². The molecule has 4 aromatic rings. The number of anilines is 1. The van der Waals surface area contributed by atoms with Gasteiger partial charge in [-0.05, 0) is 36.8 Å². The number of aromatic nitrogens is 3. The van der Waals surface area contributed by atoms with Gasteiger partial charge in [0.2, 0.25) is 0 Å². The molecule has 2 aromatic heterocycles. The number of unbranched alkanes of at least 4 members (excludes halogenated alkanes) is 1. The van der Waals surface area contributed by atoms with Gasteiger partial charge in [-0.2, -0.15) is 0 Å². The molecule has 6 heteroatoms. The first-order valence-corrected chi connectivity index (χ1v) is 9.10. The third kappa shape index (κ3) is 2.84. The summed E-state index contributed by atoms with van der Waals surface area (Å²) in [6, 6.07) is 15.0. The first-order chi connectivity index (χ1) is 12.7. The summed E-state index contributed by atoms with van der Waals surface area (Å²) < 4.78 is 1.54. The van der Waals surface area contributed by atoms with E-state index in [1.54, 1.807) is 16.8 Å². The van der Waals surface area contributed by atoms with E-state index in [0.29, 0.717) is 16.2 Å². The van der Waals surface area contributed by atoms with Gasteiger partial charge in [-0.25, -0.2) is 9.67 Å². The number of nitrogens with one attached hydrogen (secondary N) is 2. The van der Waals surface area contributed by atoms with Crippen molar-refractivity contribution >= 4 is 39.2 Å². The molecule has 26 heavy (non-hydrogen) atoms. The van der Waals surface area contributed by atoms with E-state index in [2.05, 4.69) is 17.3 Å². The SMILES string of the molecule is CCCCNc1nc2ccccc2c2[nH]n(-c3ccc(Cl)cc3)c(=O)c12. The average Bonchev–Trinajstić information content (AvgIpc) is 3.01. The molecule has 132 valence electrons. The van der Waals surface area contributed by atoms with E-state index in [4.69, 9.17) is 16.6 Å². The largest absolute Gasteiger partial charge is 0.369 e. The van der Waals surface area contributed by atoms with E-state index in [9.17, 15) is 4.79 Å². The highest BCUT2D eigenvalue weighted by molar-refractivity contribution is 6.30. The molecule has 0 unspecified atom stereocenters. The number of hydrogen-bond acceptors (Lipinski definition) is 3. The molecule has 2 N–H and O–H groups in total. The van der Waals surface area contributed by atoms with Crippen molar-refractivity contribution in [2.75, 3.05) is 11.9 Å². The zero-order chi connectivity index (χ0) is 18.1. The molecule has 0 aliphatic carbocycles. The maximum atomic E-state index is 13.1. The van der Waals surface area contributed by atoms with E-state index < -0.39 is 0 Å². The maximum Gasteiger partial charge on any atom is 0.282 e. The highest BCUT2D eigenvalue weighted by Gasteiger charge is 2.16. The molecule has 0 aliphatic rings. The van der Waals surface area contributed by atoms with Crippen molar-refractivity contribution in [1.82, 2.24) is 14.8 Å². The summed E-state index contributed by atoms with van der Waals surface area (Å²) in [5.74, 6) is 0.626. The molecule has 0 amide bonds. The predicted molar refractivity (Wildman–Crippen MR) is 108 cm³/mol. The van der Waals surface area contributed by atoms with Crippen molar-refractivity contribution in [3.05, 3.63) is 63.9 Å². The molecule has 5 nitrogen and oxygen atoms in total. The van der Waals surface area contributed by atoms with Crippen LogP contribution in [0.5, 0.6) is 0 Å². The third-order valence-electron chi connectivity index (χ3n) is 4.44. The zero-order valence-electron chi connectivity index (χ0n) is 14.4. The Morgan fingerprint density at radius 3 is 2.69 bits per heavy atom. The Labute approximate surface area is 155 Å². The normalized spacial score (nSPS) is 11.3. The molecular formula is C20H19ClN4O. The van der Waals surface area contributed by atoms with Gasteiger partial charge in [-0.3, -0.25) is 9.89 Å². The molecule has 0 spiro atoms. The molecule has 2 aromatic carbocycles. The third-order valence-corrected chi connectivity index (χ3v) is 4.69. The number of pyridine rings is 1. The fraction of sp³-hybridized carbons (Fsp3) is 0.200. The molecule has 0 aliphatic heterocycles. The first kappa shape index (κ1) is 16.7. The van der Waals surface area contributed by atoms with E-state index in [0.717, 1.165) is 41.5 Å². The molecule has 2 heterocycles. The topological polar surface area (TPSA) is 62.7 Å². The Morgan fingerprint density at radius 2 is 1.92 bits per heavy atom. The lowest BCUT2D eigenvalue weighted by molar-refractivity contribution is 0.832. The van der Waals surface area contributed by atoms with Crippen molar-refractivity contribution < 1.29 is 0 Å². The molecule has 0 radical (unpaired) electrons. The van der Waals surface area contributed by atoms with Crippen LogP contribution in [0.15, 0.2) is 53.3 Å². The van der Waals surface area contributed by atoms with Crippen LogP contribution in [0.25, 0.3) is 27.5 Å². The lowest BCUT2D eigenvalue weighted by Gasteiger charge is -2.07. The van der Waals surface area contributed by atoms with Crippen molar-refractivity contribution in [3.8, 4) is 5.69 Å². The predicted octanol–water partition coefficient (Wildman–Crippen LogP) is 4.73. The lowest BCUT2D eigenvalue weighted by Crippen LogP contribution is -2.15. The van der Waals surface area contributed by atoms with Crippen LogP contribution in [0.2, 0.25) is 5.02 Å². The van der Waals surface area contributed by atoms with E-state index >= 15 is 0 Å². The number of aromatic amines is 1. The number of para-hydroxylation sites is 1. The van der Waals surface area contributed by atoms with E-state index in [-0.39, 0.29) is 5.56 Å². The number of benzene rings is 2. The average molecular weight is 367 g/mol. The Balaban J connectivity index is 1.98. The lowest BCUT2D eigenvalue weighted by atomic mass is 10.1. The second kappa shape index (κ2) is 6.84. The number of nitrogens with zero attached hydrogens (tertiary/aromatic N) is 2. The second-order valence-electron chi connectivity index (χ2n) is 6.24. The summed E-state index contributed by atoms with van der Waals surface area (Å²) in [7, 11) is 0. The van der Waals surface area contributed by atoms with Crippen LogP contribution in [0.4, 0.5) is 5.82 Å². The molecule has 0 fully saturated rings. The molecule has 0 saturated carbocycles. The molecule has 0 atom stereocenters. The number of rotatable bonds is 5. The molecular weight excluding hydrogens is 348 g/mol. The van der Waals surface area contributed by atoms with Crippen molar-refractivity contribution in [3.63, 3.8) is 0 Å². The van der Waals surface area contributed by atoms with Crippen molar-refractivity contribution in [1.29, 1.82) is 0 Å². The Morgan fingerprint density at radius 1 is 1.15 bits per heavy atom. The van der Waals surface area contributed by atoms with Gasteiger partial charge in [0.1, 0.15) is 11.2 Å². The standard InChI is InChI=1S/C20H19ClN4O/c1-2-3-12-22-19-17-18(15-6-4-5-7-16(15)23-19)24-25(20(17)26)14-10-8-13(21)9-11-14/h4-11,24H,2-3,12H2,1H3,(H,22,23). The monoisotopic (exact) mass is 366 g/mol. The fourth-order valence-electron chi connectivity index (χ4n) is 3.09. The van der Waals surface area contributed by atoms with Crippen LogP contribution in [0, 0.1) is 0 Å². The number of H-pyrrole nitrogens is 1. The second-order valence-corrected chi connectivity index (χ2v) is 6.67. The molecule has 0 saturated heterocycles. The Bertz CT molecular complexity index is 1130. The minimum atomic E-state index is -0.125.